The van der Waals surface area contributed by atoms with Crippen molar-refractivity contribution in [3.63, 3.8) is 0 Å². The molecule has 20 heavy (non-hydrogen) atoms. The van der Waals surface area contributed by atoms with E-state index >= 15 is 0 Å². The SMILES string of the molecule is NCc1cc(F)ccc1CS(=O)Cc1ccccc1Cl. The molecule has 0 aromatic heterocycles. The van der Waals surface area contributed by atoms with Gasteiger partial charge in [-0.25, -0.2) is 4.39 Å². The minimum absolute atomic E-state index is 0.233. The average molecular weight is 312 g/mol. The molecule has 2 aromatic rings. The third-order valence-electron chi connectivity index (χ3n) is 2.98. The number of rotatable bonds is 5. The normalized spacial score (nSPS) is 12.3. The third-order valence-corrected chi connectivity index (χ3v) is 4.61. The van der Waals surface area contributed by atoms with Crippen molar-refractivity contribution in [3.05, 3.63) is 70.0 Å². The van der Waals surface area contributed by atoms with Crippen LogP contribution < -0.4 is 5.73 Å². The molecule has 1 unspecified atom stereocenters. The number of benzene rings is 2. The van der Waals surface area contributed by atoms with Crippen LogP contribution in [-0.4, -0.2) is 4.21 Å². The quantitative estimate of drug-likeness (QED) is 0.920. The van der Waals surface area contributed by atoms with Crippen molar-refractivity contribution in [1.82, 2.24) is 0 Å². The molecule has 2 nitrogen and oxygen atoms in total. The first-order valence-corrected chi connectivity index (χ1v) is 8.02. The lowest BCUT2D eigenvalue weighted by molar-refractivity contribution is 0.624. The van der Waals surface area contributed by atoms with E-state index in [1.165, 1.54) is 12.1 Å². The summed E-state index contributed by atoms with van der Waals surface area (Å²) in [6.07, 6.45) is 0. The maximum absolute atomic E-state index is 13.1. The highest BCUT2D eigenvalue weighted by molar-refractivity contribution is 7.83. The molecule has 0 aliphatic carbocycles. The lowest BCUT2D eigenvalue weighted by Gasteiger charge is -2.09. The predicted octanol–water partition coefficient (Wildman–Crippen LogP) is 3.39. The Labute approximate surface area is 125 Å². The first-order chi connectivity index (χ1) is 9.60. The van der Waals surface area contributed by atoms with Gasteiger partial charge in [-0.15, -0.1) is 0 Å². The number of halogens is 2. The Bertz CT molecular complexity index is 633. The Morgan fingerprint density at radius 1 is 1.05 bits per heavy atom. The maximum atomic E-state index is 13.1. The van der Waals surface area contributed by atoms with Gasteiger partial charge >= 0.3 is 0 Å². The minimum Gasteiger partial charge on any atom is -0.326 e. The average Bonchev–Trinajstić information content (AvgIpc) is 2.43. The van der Waals surface area contributed by atoms with Gasteiger partial charge in [0.05, 0.1) is 5.75 Å². The van der Waals surface area contributed by atoms with Gasteiger partial charge in [0.1, 0.15) is 5.82 Å². The first-order valence-electron chi connectivity index (χ1n) is 6.16. The smallest absolute Gasteiger partial charge is 0.123 e. The molecule has 0 fully saturated rings. The first kappa shape index (κ1) is 15.2. The van der Waals surface area contributed by atoms with E-state index < -0.39 is 10.8 Å². The predicted molar refractivity (Wildman–Crippen MR) is 81.3 cm³/mol. The Morgan fingerprint density at radius 3 is 2.45 bits per heavy atom. The molecule has 2 N–H and O–H groups in total. The van der Waals surface area contributed by atoms with Gasteiger partial charge < -0.3 is 5.73 Å². The molecular formula is C15H15ClFNOS. The molecule has 0 aliphatic rings. The highest BCUT2D eigenvalue weighted by atomic mass is 35.5. The molecule has 0 radical (unpaired) electrons. The molecule has 106 valence electrons. The summed E-state index contributed by atoms with van der Waals surface area (Å²) in [6, 6.07) is 11.7. The molecule has 2 aromatic carbocycles. The van der Waals surface area contributed by atoms with Crippen molar-refractivity contribution in [1.29, 1.82) is 0 Å². The largest absolute Gasteiger partial charge is 0.326 e. The fraction of sp³-hybridized carbons (Fsp3) is 0.200. The van der Waals surface area contributed by atoms with Crippen LogP contribution in [0.15, 0.2) is 42.5 Å². The highest BCUT2D eigenvalue weighted by Gasteiger charge is 2.09. The van der Waals surface area contributed by atoms with E-state index in [2.05, 4.69) is 0 Å². The van der Waals surface area contributed by atoms with Gasteiger partial charge in [-0.3, -0.25) is 4.21 Å². The zero-order chi connectivity index (χ0) is 14.5. The van der Waals surface area contributed by atoms with Crippen molar-refractivity contribution in [3.8, 4) is 0 Å². The second-order valence-corrected chi connectivity index (χ2v) is 6.30. The highest BCUT2D eigenvalue weighted by Crippen LogP contribution is 2.19. The molecule has 1 atom stereocenters. The van der Waals surface area contributed by atoms with Crippen molar-refractivity contribution in [2.24, 2.45) is 5.73 Å². The molecule has 5 heteroatoms. The monoisotopic (exact) mass is 311 g/mol. The lowest BCUT2D eigenvalue weighted by Crippen LogP contribution is -2.06. The van der Waals surface area contributed by atoms with Crippen LogP contribution in [0.5, 0.6) is 0 Å². The van der Waals surface area contributed by atoms with Gasteiger partial charge in [-0.1, -0.05) is 35.9 Å². The molecule has 0 heterocycles. The van der Waals surface area contributed by atoms with Crippen LogP contribution in [0.4, 0.5) is 4.39 Å². The Morgan fingerprint density at radius 2 is 1.75 bits per heavy atom. The second kappa shape index (κ2) is 6.97. The van der Waals surface area contributed by atoms with Crippen molar-refractivity contribution in [2.75, 3.05) is 0 Å². The molecule has 0 amide bonds. The van der Waals surface area contributed by atoms with Gasteiger partial charge in [0, 0.05) is 28.1 Å². The third kappa shape index (κ3) is 3.88. The molecule has 0 spiro atoms. The van der Waals surface area contributed by atoms with E-state index in [1.54, 1.807) is 12.1 Å². The topological polar surface area (TPSA) is 43.1 Å². The summed E-state index contributed by atoms with van der Waals surface area (Å²) in [6.45, 7) is 0.233. The minimum atomic E-state index is -1.11. The molecule has 0 bridgehead atoms. The summed E-state index contributed by atoms with van der Waals surface area (Å²) >= 11 is 6.05. The van der Waals surface area contributed by atoms with E-state index in [4.69, 9.17) is 17.3 Å². The molecule has 0 aliphatic heterocycles. The Balaban J connectivity index is 2.11. The van der Waals surface area contributed by atoms with Crippen LogP contribution in [-0.2, 0) is 28.9 Å². The molecule has 0 saturated heterocycles. The summed E-state index contributed by atoms with van der Waals surface area (Å²) in [5, 5.41) is 0.610. The summed E-state index contributed by atoms with van der Waals surface area (Å²) in [5.74, 6) is 0.394. The number of hydrogen-bond acceptors (Lipinski definition) is 2. The van der Waals surface area contributed by atoms with E-state index in [1.807, 2.05) is 18.2 Å². The molecule has 0 saturated carbocycles. The van der Waals surface area contributed by atoms with Crippen molar-refractivity contribution in [2.45, 2.75) is 18.1 Å². The van der Waals surface area contributed by atoms with Gasteiger partial charge in [0.25, 0.3) is 0 Å². The van der Waals surface area contributed by atoms with Crippen LogP contribution in [0, 0.1) is 5.82 Å². The second-order valence-electron chi connectivity index (χ2n) is 4.44. The fourth-order valence-corrected chi connectivity index (χ4v) is 3.55. The van der Waals surface area contributed by atoms with Crippen LogP contribution in [0.3, 0.4) is 0 Å². The zero-order valence-corrected chi connectivity index (χ0v) is 12.4. The summed E-state index contributed by atoms with van der Waals surface area (Å²) in [7, 11) is -1.11. The van der Waals surface area contributed by atoms with E-state index in [0.717, 1.165) is 11.1 Å². The number of hydrogen-bond donors (Lipinski definition) is 1. The summed E-state index contributed by atoms with van der Waals surface area (Å²) < 4.78 is 25.3. The summed E-state index contributed by atoms with van der Waals surface area (Å²) in [4.78, 5) is 0. The maximum Gasteiger partial charge on any atom is 0.123 e. The Kier molecular flexibility index (Phi) is 5.29. The van der Waals surface area contributed by atoms with E-state index in [9.17, 15) is 8.60 Å². The van der Waals surface area contributed by atoms with E-state index in [0.29, 0.717) is 22.1 Å². The van der Waals surface area contributed by atoms with Crippen molar-refractivity contribution >= 4 is 22.4 Å². The lowest BCUT2D eigenvalue weighted by atomic mass is 10.1. The molecule has 2 rings (SSSR count). The zero-order valence-electron chi connectivity index (χ0n) is 10.8. The standard InChI is InChI=1S/C15H15ClFNOS/c16-15-4-2-1-3-12(15)10-20(19)9-11-5-6-14(17)7-13(11)8-18/h1-7H,8-10,18H2. The van der Waals surface area contributed by atoms with Gasteiger partial charge in [0.2, 0.25) is 0 Å². The Hall–Kier alpha value is -1.23. The van der Waals surface area contributed by atoms with Crippen LogP contribution >= 0.6 is 11.6 Å². The molecular weight excluding hydrogens is 297 g/mol. The van der Waals surface area contributed by atoms with E-state index in [-0.39, 0.29) is 12.4 Å². The van der Waals surface area contributed by atoms with Crippen LogP contribution in [0.25, 0.3) is 0 Å². The van der Waals surface area contributed by atoms with Gasteiger partial charge in [0.15, 0.2) is 0 Å². The van der Waals surface area contributed by atoms with Crippen LogP contribution in [0.2, 0.25) is 5.02 Å². The van der Waals surface area contributed by atoms with Crippen molar-refractivity contribution < 1.29 is 8.60 Å². The number of nitrogens with two attached hydrogens (primary N) is 1. The summed E-state index contributed by atoms with van der Waals surface area (Å²) in [5.41, 5.74) is 7.95. The fourth-order valence-electron chi connectivity index (χ4n) is 1.94. The van der Waals surface area contributed by atoms with Gasteiger partial charge in [-0.2, -0.15) is 0 Å². The van der Waals surface area contributed by atoms with Crippen LogP contribution in [0.1, 0.15) is 16.7 Å². The van der Waals surface area contributed by atoms with Gasteiger partial charge in [-0.05, 0) is 34.9 Å².